The van der Waals surface area contributed by atoms with Gasteiger partial charge in [-0.15, -0.1) is 0 Å². The fourth-order valence-electron chi connectivity index (χ4n) is 1.57. The standard InChI is InChI=1S/C14H20F6NO10P/c15-13(16,17)3-1-10(22)28-5-8(31-11(23)2-4-14(18,19)20)6-29-32(26,27)30-7-9(21)12(24)25/h8-9H,1-7,21H2,(H,24,25)(H,26,27). The molecule has 0 amide bonds. The molecule has 0 aliphatic heterocycles. The van der Waals surface area contributed by atoms with Crippen LogP contribution in [0.25, 0.3) is 0 Å². The number of hydrogen-bond acceptors (Lipinski definition) is 9. The first-order valence-corrected chi connectivity index (χ1v) is 9.98. The van der Waals surface area contributed by atoms with E-state index in [1.165, 1.54) is 0 Å². The fraction of sp³-hybridized carbons (Fsp3) is 0.786. The Balaban J connectivity index is 4.89. The molecule has 0 saturated heterocycles. The molecule has 11 nitrogen and oxygen atoms in total. The Morgan fingerprint density at radius 1 is 0.875 bits per heavy atom. The van der Waals surface area contributed by atoms with Gasteiger partial charge in [-0.1, -0.05) is 0 Å². The third kappa shape index (κ3) is 16.7. The smallest absolute Gasteiger partial charge is 0.472 e. The van der Waals surface area contributed by atoms with Crippen molar-refractivity contribution in [2.45, 2.75) is 50.2 Å². The van der Waals surface area contributed by atoms with Gasteiger partial charge in [0.25, 0.3) is 0 Å². The van der Waals surface area contributed by atoms with Crippen LogP contribution in [0.15, 0.2) is 0 Å². The highest BCUT2D eigenvalue weighted by molar-refractivity contribution is 7.47. The molecule has 0 aromatic rings. The number of nitrogens with two attached hydrogens (primary N) is 1. The monoisotopic (exact) mass is 507 g/mol. The number of aliphatic carboxylic acids is 1. The van der Waals surface area contributed by atoms with E-state index >= 15 is 0 Å². The van der Waals surface area contributed by atoms with Gasteiger partial charge < -0.3 is 25.2 Å². The number of halogens is 6. The van der Waals surface area contributed by atoms with E-state index in [-0.39, 0.29) is 0 Å². The molecule has 0 heterocycles. The molecule has 0 aromatic heterocycles. The van der Waals surface area contributed by atoms with Gasteiger partial charge in [0, 0.05) is 0 Å². The highest BCUT2D eigenvalue weighted by Crippen LogP contribution is 2.43. The quantitative estimate of drug-likeness (QED) is 0.177. The maximum atomic E-state index is 12.2. The van der Waals surface area contributed by atoms with Crippen molar-refractivity contribution in [3.8, 4) is 0 Å². The summed E-state index contributed by atoms with van der Waals surface area (Å²) < 4.78 is 102. The first kappa shape index (κ1) is 30.1. The lowest BCUT2D eigenvalue weighted by Gasteiger charge is -2.20. The lowest BCUT2D eigenvalue weighted by atomic mass is 10.3. The summed E-state index contributed by atoms with van der Waals surface area (Å²) in [6.07, 6.45) is -16.6. The number of phosphoric acid groups is 1. The Bertz CT molecular complexity index is 686. The van der Waals surface area contributed by atoms with Crippen LogP contribution in [-0.2, 0) is 37.5 Å². The number of carbonyl (C=O) groups is 3. The number of esters is 2. The second-order valence-electron chi connectivity index (χ2n) is 6.03. The van der Waals surface area contributed by atoms with Crippen molar-refractivity contribution in [3.63, 3.8) is 0 Å². The Morgan fingerprint density at radius 2 is 1.34 bits per heavy atom. The largest absolute Gasteiger partial charge is 0.480 e. The number of hydrogen-bond donors (Lipinski definition) is 3. The average molecular weight is 507 g/mol. The molecule has 18 heteroatoms. The Labute approximate surface area is 176 Å². The van der Waals surface area contributed by atoms with Crippen molar-refractivity contribution in [1.29, 1.82) is 0 Å². The first-order chi connectivity index (χ1) is 14.4. The molecule has 188 valence electrons. The summed E-state index contributed by atoms with van der Waals surface area (Å²) in [7, 11) is -5.01. The number of phosphoric ester groups is 1. The van der Waals surface area contributed by atoms with Gasteiger partial charge in [0.05, 0.1) is 38.9 Å². The van der Waals surface area contributed by atoms with Crippen LogP contribution in [0.5, 0.6) is 0 Å². The fourth-order valence-corrected chi connectivity index (χ4v) is 2.35. The van der Waals surface area contributed by atoms with E-state index in [0.29, 0.717) is 0 Å². The molecule has 3 unspecified atom stereocenters. The molecule has 0 aliphatic rings. The zero-order valence-electron chi connectivity index (χ0n) is 16.1. The molecule has 0 saturated carbocycles. The summed E-state index contributed by atoms with van der Waals surface area (Å²) in [5, 5.41) is 8.55. The summed E-state index contributed by atoms with van der Waals surface area (Å²) in [4.78, 5) is 42.8. The second kappa shape index (κ2) is 12.9. The molecule has 0 rings (SSSR count). The maximum Gasteiger partial charge on any atom is 0.472 e. The zero-order valence-corrected chi connectivity index (χ0v) is 17.0. The normalized spacial score (nSPS) is 16.0. The third-order valence-corrected chi connectivity index (χ3v) is 4.06. The van der Waals surface area contributed by atoms with E-state index in [0.717, 1.165) is 0 Å². The van der Waals surface area contributed by atoms with E-state index in [1.807, 2.05) is 0 Å². The molecule has 0 aliphatic carbocycles. The van der Waals surface area contributed by atoms with Crippen LogP contribution in [0, 0.1) is 0 Å². The molecule has 0 fully saturated rings. The summed E-state index contributed by atoms with van der Waals surface area (Å²) in [6, 6.07) is -1.72. The van der Waals surface area contributed by atoms with Crippen molar-refractivity contribution in [2.24, 2.45) is 5.73 Å². The van der Waals surface area contributed by atoms with Crippen molar-refractivity contribution in [1.82, 2.24) is 0 Å². The van der Waals surface area contributed by atoms with Crippen molar-refractivity contribution < 1.29 is 73.8 Å². The minimum atomic E-state index is -5.01. The van der Waals surface area contributed by atoms with Gasteiger partial charge in [0.2, 0.25) is 0 Å². The van der Waals surface area contributed by atoms with E-state index in [9.17, 15) is 50.2 Å². The molecule has 0 spiro atoms. The van der Waals surface area contributed by atoms with Crippen LogP contribution in [0.1, 0.15) is 25.7 Å². The van der Waals surface area contributed by atoms with Crippen LogP contribution in [0.2, 0.25) is 0 Å². The summed E-state index contributed by atoms with van der Waals surface area (Å²) in [5.74, 6) is -4.48. The maximum absolute atomic E-state index is 12.2. The topological polar surface area (TPSA) is 172 Å². The Kier molecular flexibility index (Phi) is 12.1. The van der Waals surface area contributed by atoms with Crippen molar-refractivity contribution >= 4 is 25.7 Å². The highest BCUT2D eigenvalue weighted by Gasteiger charge is 2.32. The summed E-state index contributed by atoms with van der Waals surface area (Å²) in [6.45, 7) is -3.13. The molecule has 4 N–H and O–H groups in total. The predicted molar refractivity (Wildman–Crippen MR) is 88.8 cm³/mol. The number of carbonyl (C=O) groups excluding carboxylic acids is 2. The van der Waals surface area contributed by atoms with Gasteiger partial charge in [0.15, 0.2) is 6.10 Å². The number of alkyl halides is 6. The van der Waals surface area contributed by atoms with Gasteiger partial charge in [-0.25, -0.2) is 4.57 Å². The van der Waals surface area contributed by atoms with Crippen LogP contribution >= 0.6 is 7.82 Å². The van der Waals surface area contributed by atoms with Gasteiger partial charge in [-0.05, 0) is 0 Å². The zero-order chi connectivity index (χ0) is 25.2. The number of rotatable bonds is 14. The number of carboxylic acids is 1. The van der Waals surface area contributed by atoms with Gasteiger partial charge in [-0.3, -0.25) is 23.4 Å². The van der Waals surface area contributed by atoms with E-state index in [1.54, 1.807) is 0 Å². The minimum absolute atomic E-state index is 0.994. The summed E-state index contributed by atoms with van der Waals surface area (Å²) in [5.41, 5.74) is 5.04. The minimum Gasteiger partial charge on any atom is -0.480 e. The Hall–Kier alpha value is -1.94. The average Bonchev–Trinajstić information content (AvgIpc) is 2.63. The molecule has 0 bridgehead atoms. The van der Waals surface area contributed by atoms with Gasteiger partial charge >= 0.3 is 38.1 Å². The van der Waals surface area contributed by atoms with Crippen LogP contribution in [0.3, 0.4) is 0 Å². The van der Waals surface area contributed by atoms with Crippen LogP contribution < -0.4 is 5.73 Å². The first-order valence-electron chi connectivity index (χ1n) is 8.49. The van der Waals surface area contributed by atoms with Crippen LogP contribution in [0.4, 0.5) is 26.3 Å². The second-order valence-corrected chi connectivity index (χ2v) is 7.48. The lowest BCUT2D eigenvalue weighted by Crippen LogP contribution is -2.34. The van der Waals surface area contributed by atoms with E-state index in [2.05, 4.69) is 18.5 Å². The predicted octanol–water partition coefficient (Wildman–Crippen LogP) is 1.67. The van der Waals surface area contributed by atoms with Gasteiger partial charge in [0.1, 0.15) is 12.6 Å². The molecule has 3 atom stereocenters. The molecular formula is C14H20F6NO10P. The molecular weight excluding hydrogens is 487 g/mol. The number of carboxylic acid groups (broad SMARTS) is 1. The van der Waals surface area contributed by atoms with E-state index in [4.69, 9.17) is 10.8 Å². The van der Waals surface area contributed by atoms with Crippen molar-refractivity contribution in [2.75, 3.05) is 19.8 Å². The van der Waals surface area contributed by atoms with Gasteiger partial charge in [-0.2, -0.15) is 26.3 Å². The Morgan fingerprint density at radius 3 is 1.81 bits per heavy atom. The summed E-state index contributed by atoms with van der Waals surface area (Å²) >= 11 is 0. The van der Waals surface area contributed by atoms with Crippen LogP contribution in [-0.4, -0.2) is 72.2 Å². The molecule has 0 aromatic carbocycles. The molecule has 32 heavy (non-hydrogen) atoms. The SMILES string of the molecule is NC(COP(=O)(O)OCC(COC(=O)CCC(F)(F)F)OC(=O)CCC(F)(F)F)C(=O)O. The number of ether oxygens (including phenoxy) is 2. The highest BCUT2D eigenvalue weighted by atomic mass is 31.2. The van der Waals surface area contributed by atoms with Crippen molar-refractivity contribution in [3.05, 3.63) is 0 Å². The third-order valence-electron chi connectivity index (χ3n) is 3.11. The lowest BCUT2D eigenvalue weighted by molar-refractivity contribution is -0.170. The van der Waals surface area contributed by atoms with E-state index < -0.39 is 95.7 Å². The molecule has 0 radical (unpaired) electrons.